The molecule has 0 bridgehead atoms. The van der Waals surface area contributed by atoms with Gasteiger partial charge in [0.2, 0.25) is 5.91 Å². The molecule has 2 aromatic carbocycles. The molecule has 0 aromatic heterocycles. The summed E-state index contributed by atoms with van der Waals surface area (Å²) < 4.78 is 41.9. The van der Waals surface area contributed by atoms with Crippen LogP contribution in [0, 0.1) is 5.82 Å². The molecule has 0 radical (unpaired) electrons. The normalized spacial score (nSPS) is 19.1. The van der Waals surface area contributed by atoms with Crippen LogP contribution in [-0.2, 0) is 30.9 Å². The van der Waals surface area contributed by atoms with E-state index in [1.165, 1.54) is 12.1 Å². The zero-order chi connectivity index (χ0) is 22.8. The summed E-state index contributed by atoms with van der Waals surface area (Å²) in [5.41, 5.74) is 0.410. The molecule has 0 aliphatic carbocycles. The van der Waals surface area contributed by atoms with Crippen molar-refractivity contribution in [2.45, 2.75) is 24.7 Å². The molecule has 1 saturated heterocycles. The van der Waals surface area contributed by atoms with Crippen LogP contribution < -0.4 is 0 Å². The smallest absolute Gasteiger partial charge is 0.264 e. The molecule has 10 heteroatoms. The maximum Gasteiger partial charge on any atom is 0.264 e. The molecule has 0 N–H and O–H groups in total. The summed E-state index contributed by atoms with van der Waals surface area (Å²) in [6.45, 7) is 0.688. The zero-order valence-corrected chi connectivity index (χ0v) is 19.8. The third kappa shape index (κ3) is 5.90. The maximum atomic E-state index is 14.1. The highest BCUT2D eigenvalue weighted by Gasteiger charge is 2.41. The third-order valence-electron chi connectivity index (χ3n) is 5.51. The quantitative estimate of drug-likeness (QED) is 0.501. The van der Waals surface area contributed by atoms with Gasteiger partial charge in [0.05, 0.1) is 29.3 Å². The van der Waals surface area contributed by atoms with Crippen LogP contribution >= 0.6 is 34.8 Å². The van der Waals surface area contributed by atoms with Gasteiger partial charge in [-0.1, -0.05) is 46.9 Å². The van der Waals surface area contributed by atoms with E-state index in [0.29, 0.717) is 36.0 Å². The molecular weight excluding hydrogens is 488 g/mol. The van der Waals surface area contributed by atoms with Crippen molar-refractivity contribution in [3.05, 3.63) is 68.4 Å². The number of hydrogen-bond acceptors (Lipinski definition) is 4. The van der Waals surface area contributed by atoms with Crippen molar-refractivity contribution in [1.82, 2.24) is 4.90 Å². The molecule has 1 amide bonds. The summed E-state index contributed by atoms with van der Waals surface area (Å²) in [6, 6.07) is 9.50. The van der Waals surface area contributed by atoms with Gasteiger partial charge in [0.15, 0.2) is 0 Å². The van der Waals surface area contributed by atoms with Gasteiger partial charge in [-0.2, -0.15) is 8.42 Å². The van der Waals surface area contributed by atoms with E-state index in [0.717, 1.165) is 11.8 Å². The maximum absolute atomic E-state index is 14.1. The second-order valence-electron chi connectivity index (χ2n) is 7.63. The lowest BCUT2D eigenvalue weighted by molar-refractivity contribution is -0.129. The molecule has 0 saturated carbocycles. The average Bonchev–Trinajstić information content (AvgIpc) is 3.11. The minimum Gasteiger partial charge on any atom is -0.341 e. The fraction of sp³-hybridized carbons (Fsp3) is 0.381. The molecule has 1 fully saturated rings. The number of benzene rings is 2. The second kappa shape index (κ2) is 9.63. The van der Waals surface area contributed by atoms with Crippen LogP contribution in [-0.4, -0.2) is 45.2 Å². The van der Waals surface area contributed by atoms with E-state index >= 15 is 0 Å². The molecular formula is C21H21Cl3FNO4S. The number of carbonyl (C=O) groups is 1. The topological polar surface area (TPSA) is 63.7 Å². The Kier molecular flexibility index (Phi) is 7.54. The monoisotopic (exact) mass is 507 g/mol. The molecule has 1 atom stereocenters. The number of halogens is 4. The van der Waals surface area contributed by atoms with Gasteiger partial charge in [-0.15, -0.1) is 0 Å². The number of rotatable bonds is 7. The Labute approximate surface area is 196 Å². The van der Waals surface area contributed by atoms with Gasteiger partial charge in [-0.05, 0) is 42.7 Å². The predicted octanol–water partition coefficient (Wildman–Crippen LogP) is 4.87. The Morgan fingerprint density at radius 1 is 1.16 bits per heavy atom. The summed E-state index contributed by atoms with van der Waals surface area (Å²) in [5, 5.41) is 0.961. The zero-order valence-electron chi connectivity index (χ0n) is 16.7. The molecule has 2 aromatic rings. The van der Waals surface area contributed by atoms with Crippen molar-refractivity contribution in [2.75, 3.05) is 26.0 Å². The number of nitrogens with zero attached hydrogens (tertiary/aromatic N) is 1. The van der Waals surface area contributed by atoms with Crippen LogP contribution in [0.3, 0.4) is 0 Å². The molecule has 31 heavy (non-hydrogen) atoms. The number of hydrogen-bond donors (Lipinski definition) is 0. The lowest BCUT2D eigenvalue weighted by atomic mass is 9.77. The minimum absolute atomic E-state index is 0.0414. The largest absolute Gasteiger partial charge is 0.341 e. The van der Waals surface area contributed by atoms with Crippen LogP contribution in [0.4, 0.5) is 4.39 Å². The first-order chi connectivity index (χ1) is 14.5. The van der Waals surface area contributed by atoms with Crippen molar-refractivity contribution in [1.29, 1.82) is 0 Å². The van der Waals surface area contributed by atoms with Gasteiger partial charge in [-0.25, -0.2) is 4.39 Å². The van der Waals surface area contributed by atoms with Gasteiger partial charge < -0.3 is 4.90 Å². The molecule has 3 rings (SSSR count). The summed E-state index contributed by atoms with van der Waals surface area (Å²) >= 11 is 18.3. The van der Waals surface area contributed by atoms with E-state index in [2.05, 4.69) is 0 Å². The fourth-order valence-corrected chi connectivity index (χ4v) is 4.76. The summed E-state index contributed by atoms with van der Waals surface area (Å²) in [7, 11) is -3.60. The summed E-state index contributed by atoms with van der Waals surface area (Å²) in [5.74, 6) is -0.796. The van der Waals surface area contributed by atoms with Gasteiger partial charge in [0, 0.05) is 29.1 Å². The lowest BCUT2D eigenvalue weighted by Crippen LogP contribution is -2.36. The Hall–Kier alpha value is -1.38. The van der Waals surface area contributed by atoms with E-state index in [1.807, 2.05) is 6.07 Å². The standard InChI is InChI=1S/C21H21Cl3FNO4S/c1-31(28,29)30-10-8-21(14-5-6-17(23)18(24)11-14)7-9-26(13-21)20(27)12-15-16(22)3-2-4-19(15)25/h2-6,11H,7-10,12-13H2,1H3/t21-/m0/s1. The van der Waals surface area contributed by atoms with E-state index in [9.17, 15) is 17.6 Å². The van der Waals surface area contributed by atoms with Gasteiger partial charge in [0.1, 0.15) is 5.82 Å². The van der Waals surface area contributed by atoms with E-state index in [1.54, 1.807) is 23.1 Å². The SMILES string of the molecule is CS(=O)(=O)OCC[C@@]1(c2ccc(Cl)c(Cl)c2)CCN(C(=O)Cc2c(F)cccc2Cl)C1. The summed E-state index contributed by atoms with van der Waals surface area (Å²) in [6.07, 6.45) is 1.74. The highest BCUT2D eigenvalue weighted by Crippen LogP contribution is 2.40. The van der Waals surface area contributed by atoms with Crippen LogP contribution in [0.2, 0.25) is 15.1 Å². The Morgan fingerprint density at radius 3 is 2.55 bits per heavy atom. The van der Waals surface area contributed by atoms with Crippen molar-refractivity contribution in [3.8, 4) is 0 Å². The molecule has 168 valence electrons. The molecule has 0 unspecified atom stereocenters. The molecule has 1 aliphatic heterocycles. The Morgan fingerprint density at radius 2 is 1.90 bits per heavy atom. The number of likely N-dealkylation sites (tertiary alicyclic amines) is 1. The van der Waals surface area contributed by atoms with Gasteiger partial charge in [-0.3, -0.25) is 8.98 Å². The molecule has 1 heterocycles. The molecule has 5 nitrogen and oxygen atoms in total. The third-order valence-corrected chi connectivity index (χ3v) is 7.19. The number of carbonyl (C=O) groups excluding carboxylic acids is 1. The number of amides is 1. The van der Waals surface area contributed by atoms with Crippen LogP contribution in [0.5, 0.6) is 0 Å². The molecule has 0 spiro atoms. The Balaban J connectivity index is 1.83. The van der Waals surface area contributed by atoms with Crippen molar-refractivity contribution >= 4 is 50.8 Å². The predicted molar refractivity (Wildman–Crippen MR) is 120 cm³/mol. The highest BCUT2D eigenvalue weighted by atomic mass is 35.5. The van der Waals surface area contributed by atoms with Gasteiger partial charge in [0.25, 0.3) is 10.1 Å². The first-order valence-corrected chi connectivity index (χ1v) is 12.5. The average molecular weight is 509 g/mol. The fourth-order valence-electron chi connectivity index (χ4n) is 3.85. The second-order valence-corrected chi connectivity index (χ2v) is 10.5. The lowest BCUT2D eigenvalue weighted by Gasteiger charge is -2.30. The van der Waals surface area contributed by atoms with Crippen molar-refractivity contribution < 1.29 is 21.8 Å². The van der Waals surface area contributed by atoms with Gasteiger partial charge >= 0.3 is 0 Å². The van der Waals surface area contributed by atoms with Crippen LogP contribution in [0.25, 0.3) is 0 Å². The first-order valence-electron chi connectivity index (χ1n) is 9.51. The minimum atomic E-state index is -3.60. The Bertz CT molecular complexity index is 1080. The summed E-state index contributed by atoms with van der Waals surface area (Å²) in [4.78, 5) is 14.5. The van der Waals surface area contributed by atoms with E-state index in [4.69, 9.17) is 39.0 Å². The van der Waals surface area contributed by atoms with Crippen molar-refractivity contribution in [3.63, 3.8) is 0 Å². The molecule has 1 aliphatic rings. The van der Waals surface area contributed by atoms with Crippen LogP contribution in [0.1, 0.15) is 24.0 Å². The first kappa shape index (κ1) is 24.3. The van der Waals surface area contributed by atoms with E-state index < -0.39 is 21.4 Å². The van der Waals surface area contributed by atoms with Crippen LogP contribution in [0.15, 0.2) is 36.4 Å². The highest BCUT2D eigenvalue weighted by molar-refractivity contribution is 7.85. The van der Waals surface area contributed by atoms with E-state index in [-0.39, 0.29) is 29.5 Å². The van der Waals surface area contributed by atoms with Crippen molar-refractivity contribution in [2.24, 2.45) is 0 Å².